The van der Waals surface area contributed by atoms with Gasteiger partial charge in [0.15, 0.2) is 0 Å². The number of aromatic nitrogens is 2. The van der Waals surface area contributed by atoms with Crippen LogP contribution in [-0.4, -0.2) is 9.97 Å². The highest BCUT2D eigenvalue weighted by Gasteiger charge is 2.07. The van der Waals surface area contributed by atoms with E-state index in [1.165, 1.54) is 18.5 Å². The second-order valence-corrected chi connectivity index (χ2v) is 3.58. The number of rotatable bonds is 1. The van der Waals surface area contributed by atoms with E-state index in [0.29, 0.717) is 11.4 Å². The van der Waals surface area contributed by atoms with E-state index in [1.807, 2.05) is 13.8 Å². The lowest BCUT2D eigenvalue weighted by Crippen LogP contribution is -1.95. The molecule has 0 aliphatic rings. The molecule has 1 aromatic carbocycles. The third kappa shape index (κ3) is 2.54. The third-order valence-corrected chi connectivity index (χ3v) is 2.18. The van der Waals surface area contributed by atoms with Crippen molar-refractivity contribution in [1.29, 1.82) is 0 Å². The minimum atomic E-state index is -0.258. The molecule has 16 heavy (non-hydrogen) atoms. The summed E-state index contributed by atoms with van der Waals surface area (Å²) in [7, 11) is 0. The van der Waals surface area contributed by atoms with E-state index in [9.17, 15) is 4.39 Å². The quantitative estimate of drug-likeness (QED) is 0.728. The Bertz CT molecular complexity index is 466. The fraction of sp³-hybridized carbons (Fsp3) is 0.385. The van der Waals surface area contributed by atoms with Crippen molar-refractivity contribution < 1.29 is 4.39 Å². The Hall–Kier alpha value is -1.51. The summed E-state index contributed by atoms with van der Waals surface area (Å²) < 4.78 is 12.9. The van der Waals surface area contributed by atoms with Gasteiger partial charge in [-0.3, -0.25) is 0 Å². The van der Waals surface area contributed by atoms with Crippen molar-refractivity contribution in [2.24, 2.45) is 0 Å². The highest BCUT2D eigenvalue weighted by molar-refractivity contribution is 5.81. The van der Waals surface area contributed by atoms with Gasteiger partial charge in [-0.1, -0.05) is 27.7 Å². The Balaban J connectivity index is 0.000000606. The first-order valence-corrected chi connectivity index (χ1v) is 5.58. The zero-order valence-corrected chi connectivity index (χ0v) is 10.2. The van der Waals surface area contributed by atoms with Crippen LogP contribution in [0.25, 0.3) is 10.9 Å². The van der Waals surface area contributed by atoms with Gasteiger partial charge in [-0.15, -0.1) is 0 Å². The molecule has 0 unspecified atom stereocenters. The molecule has 0 amide bonds. The molecule has 1 heterocycles. The van der Waals surface area contributed by atoms with Gasteiger partial charge < -0.3 is 0 Å². The summed E-state index contributed by atoms with van der Waals surface area (Å²) in [6.45, 7) is 8.12. The van der Waals surface area contributed by atoms with Crippen LogP contribution in [0.15, 0.2) is 24.5 Å². The Morgan fingerprint density at radius 2 is 1.81 bits per heavy atom. The van der Waals surface area contributed by atoms with Gasteiger partial charge in [0, 0.05) is 11.5 Å². The maximum atomic E-state index is 12.9. The van der Waals surface area contributed by atoms with Crippen LogP contribution in [0.4, 0.5) is 4.39 Å². The lowest BCUT2D eigenvalue weighted by molar-refractivity contribution is 0.629. The van der Waals surface area contributed by atoms with E-state index < -0.39 is 0 Å². The molecular formula is C13H17FN2. The van der Waals surface area contributed by atoms with Crippen molar-refractivity contribution in [3.8, 4) is 0 Å². The molecule has 86 valence electrons. The largest absolute Gasteiger partial charge is 0.240 e. The number of hydrogen-bond acceptors (Lipinski definition) is 2. The molecule has 1 aromatic heterocycles. The standard InChI is InChI=1S/C11H11FN2.C2H6/c1-7(2)11-9-4-3-8(12)5-10(9)13-6-14-11;1-2/h3-7H,1-2H3;1-2H3. The normalized spacial score (nSPS) is 10.1. The van der Waals surface area contributed by atoms with Gasteiger partial charge >= 0.3 is 0 Å². The highest BCUT2D eigenvalue weighted by atomic mass is 19.1. The van der Waals surface area contributed by atoms with E-state index in [1.54, 1.807) is 6.07 Å². The average molecular weight is 220 g/mol. The Morgan fingerprint density at radius 1 is 1.12 bits per heavy atom. The number of fused-ring (bicyclic) bond motifs is 1. The smallest absolute Gasteiger partial charge is 0.125 e. The Labute approximate surface area is 95.5 Å². The van der Waals surface area contributed by atoms with Gasteiger partial charge in [-0.05, 0) is 18.1 Å². The van der Waals surface area contributed by atoms with E-state index in [4.69, 9.17) is 0 Å². The molecule has 0 atom stereocenters. The van der Waals surface area contributed by atoms with Crippen LogP contribution in [0, 0.1) is 5.82 Å². The third-order valence-electron chi connectivity index (χ3n) is 2.18. The molecule has 2 rings (SSSR count). The van der Waals surface area contributed by atoms with Crippen LogP contribution in [0.5, 0.6) is 0 Å². The maximum Gasteiger partial charge on any atom is 0.125 e. The molecule has 0 N–H and O–H groups in total. The number of hydrogen-bond donors (Lipinski definition) is 0. The number of benzene rings is 1. The van der Waals surface area contributed by atoms with Crippen molar-refractivity contribution in [3.05, 3.63) is 36.0 Å². The predicted octanol–water partition coefficient (Wildman–Crippen LogP) is 3.92. The molecule has 0 spiro atoms. The first-order chi connectivity index (χ1) is 7.68. The van der Waals surface area contributed by atoms with Gasteiger partial charge in [-0.2, -0.15) is 0 Å². The average Bonchev–Trinajstić information content (AvgIpc) is 2.30. The maximum absolute atomic E-state index is 12.9. The minimum absolute atomic E-state index is 0.258. The first-order valence-electron chi connectivity index (χ1n) is 5.58. The molecular weight excluding hydrogens is 203 g/mol. The zero-order valence-electron chi connectivity index (χ0n) is 10.2. The number of halogens is 1. The molecule has 2 aromatic rings. The summed E-state index contributed by atoms with van der Waals surface area (Å²) in [6, 6.07) is 4.61. The fourth-order valence-corrected chi connectivity index (χ4v) is 1.51. The van der Waals surface area contributed by atoms with Crippen molar-refractivity contribution in [2.75, 3.05) is 0 Å². The second-order valence-electron chi connectivity index (χ2n) is 3.58. The van der Waals surface area contributed by atoms with Crippen LogP contribution in [0.2, 0.25) is 0 Å². The zero-order chi connectivity index (χ0) is 12.1. The molecule has 0 fully saturated rings. The molecule has 3 heteroatoms. The number of nitrogens with zero attached hydrogens (tertiary/aromatic N) is 2. The molecule has 0 aliphatic heterocycles. The first kappa shape index (κ1) is 12.6. The van der Waals surface area contributed by atoms with Gasteiger partial charge in [0.25, 0.3) is 0 Å². The van der Waals surface area contributed by atoms with E-state index in [0.717, 1.165) is 11.1 Å². The SMILES string of the molecule is CC.CC(C)c1ncnc2cc(F)ccc12. The molecule has 0 bridgehead atoms. The summed E-state index contributed by atoms with van der Waals surface area (Å²) in [6.07, 6.45) is 1.48. The second kappa shape index (κ2) is 5.54. The van der Waals surface area contributed by atoms with Crippen molar-refractivity contribution in [3.63, 3.8) is 0 Å². The molecule has 0 aliphatic carbocycles. The van der Waals surface area contributed by atoms with Crippen LogP contribution in [0.1, 0.15) is 39.3 Å². The van der Waals surface area contributed by atoms with Crippen LogP contribution in [0.3, 0.4) is 0 Å². The van der Waals surface area contributed by atoms with Gasteiger partial charge in [0.1, 0.15) is 12.1 Å². The van der Waals surface area contributed by atoms with Crippen LogP contribution >= 0.6 is 0 Å². The molecule has 0 saturated carbocycles. The monoisotopic (exact) mass is 220 g/mol. The van der Waals surface area contributed by atoms with E-state index in [-0.39, 0.29) is 5.82 Å². The predicted molar refractivity (Wildman–Crippen MR) is 64.9 cm³/mol. The van der Waals surface area contributed by atoms with Crippen molar-refractivity contribution in [2.45, 2.75) is 33.6 Å². The van der Waals surface area contributed by atoms with Crippen LogP contribution in [-0.2, 0) is 0 Å². The Morgan fingerprint density at radius 3 is 2.44 bits per heavy atom. The van der Waals surface area contributed by atoms with Crippen molar-refractivity contribution >= 4 is 10.9 Å². The van der Waals surface area contributed by atoms with E-state index in [2.05, 4.69) is 23.8 Å². The lowest BCUT2D eigenvalue weighted by atomic mass is 10.0. The fourth-order valence-electron chi connectivity index (χ4n) is 1.51. The summed E-state index contributed by atoms with van der Waals surface area (Å²) >= 11 is 0. The van der Waals surface area contributed by atoms with Crippen LogP contribution < -0.4 is 0 Å². The summed E-state index contributed by atoms with van der Waals surface area (Å²) in [5, 5.41) is 0.934. The molecule has 0 saturated heterocycles. The Kier molecular flexibility index (Phi) is 4.35. The summed E-state index contributed by atoms with van der Waals surface area (Å²) in [5.41, 5.74) is 1.64. The highest BCUT2D eigenvalue weighted by Crippen LogP contribution is 2.21. The summed E-state index contributed by atoms with van der Waals surface area (Å²) in [5.74, 6) is 0.0665. The lowest BCUT2D eigenvalue weighted by Gasteiger charge is -2.07. The van der Waals surface area contributed by atoms with Gasteiger partial charge in [0.2, 0.25) is 0 Å². The van der Waals surface area contributed by atoms with Crippen molar-refractivity contribution in [1.82, 2.24) is 9.97 Å². The van der Waals surface area contributed by atoms with E-state index >= 15 is 0 Å². The molecule has 2 nitrogen and oxygen atoms in total. The van der Waals surface area contributed by atoms with Gasteiger partial charge in [0.05, 0.1) is 11.2 Å². The summed E-state index contributed by atoms with van der Waals surface area (Å²) in [4.78, 5) is 8.24. The van der Waals surface area contributed by atoms with Gasteiger partial charge in [-0.25, -0.2) is 14.4 Å². The molecule has 0 radical (unpaired) electrons. The minimum Gasteiger partial charge on any atom is -0.240 e. The topological polar surface area (TPSA) is 25.8 Å².